The van der Waals surface area contributed by atoms with Gasteiger partial charge in [0, 0.05) is 18.3 Å². The van der Waals surface area contributed by atoms with E-state index in [1.165, 1.54) is 6.07 Å². The van der Waals surface area contributed by atoms with Gasteiger partial charge in [-0.15, -0.1) is 0 Å². The molecule has 2 aromatic heterocycles. The van der Waals surface area contributed by atoms with Crippen molar-refractivity contribution in [1.82, 2.24) is 14.5 Å². The van der Waals surface area contributed by atoms with E-state index in [1.54, 1.807) is 10.8 Å². The molecule has 21 heavy (non-hydrogen) atoms. The first kappa shape index (κ1) is 13.6. The van der Waals surface area contributed by atoms with Crippen LogP contribution in [0.3, 0.4) is 0 Å². The van der Waals surface area contributed by atoms with Gasteiger partial charge in [0.2, 0.25) is 0 Å². The van der Waals surface area contributed by atoms with Crippen molar-refractivity contribution < 1.29 is 13.9 Å². The van der Waals surface area contributed by atoms with Crippen molar-refractivity contribution in [2.45, 2.75) is 13.5 Å². The average molecular weight is 289 g/mol. The summed E-state index contributed by atoms with van der Waals surface area (Å²) in [5, 5.41) is 9.21. The minimum absolute atomic E-state index is 0.0995. The summed E-state index contributed by atoms with van der Waals surface area (Å²) in [5.74, 6) is -1.38. The van der Waals surface area contributed by atoms with E-state index >= 15 is 0 Å². The number of aromatic nitrogens is 3. The van der Waals surface area contributed by atoms with Crippen LogP contribution in [0.2, 0.25) is 0 Å². The van der Waals surface area contributed by atoms with Crippen LogP contribution in [0, 0.1) is 18.6 Å². The fraction of sp³-hybridized carbons (Fsp3) is 0.200. The van der Waals surface area contributed by atoms with Gasteiger partial charge in [0.05, 0.1) is 6.61 Å². The monoisotopic (exact) mass is 289 g/mol. The van der Waals surface area contributed by atoms with E-state index < -0.39 is 11.6 Å². The van der Waals surface area contributed by atoms with E-state index in [0.29, 0.717) is 22.6 Å². The molecule has 0 aliphatic heterocycles. The van der Waals surface area contributed by atoms with Gasteiger partial charge in [0.15, 0.2) is 17.3 Å². The molecule has 0 bridgehead atoms. The Kier molecular flexibility index (Phi) is 3.39. The molecule has 0 atom stereocenters. The number of halogens is 2. The number of benzene rings is 1. The number of fused-ring (bicyclic) bond motifs is 1. The summed E-state index contributed by atoms with van der Waals surface area (Å²) in [4.78, 5) is 8.74. The van der Waals surface area contributed by atoms with E-state index in [9.17, 15) is 13.9 Å². The second-order valence-corrected chi connectivity index (χ2v) is 4.79. The highest BCUT2D eigenvalue weighted by atomic mass is 19.2. The number of aliphatic hydroxyl groups is 1. The summed E-state index contributed by atoms with van der Waals surface area (Å²) in [6.45, 7) is 2.08. The summed E-state index contributed by atoms with van der Waals surface area (Å²) in [6, 6.07) is 5.48. The molecular weight excluding hydrogens is 276 g/mol. The van der Waals surface area contributed by atoms with Crippen LogP contribution < -0.4 is 0 Å². The van der Waals surface area contributed by atoms with Crippen LogP contribution in [0.4, 0.5) is 8.78 Å². The molecule has 3 rings (SSSR count). The van der Waals surface area contributed by atoms with Gasteiger partial charge in [-0.05, 0) is 36.8 Å². The fourth-order valence-corrected chi connectivity index (χ4v) is 2.28. The molecule has 6 heteroatoms. The van der Waals surface area contributed by atoms with Gasteiger partial charge in [-0.1, -0.05) is 0 Å². The number of imidazole rings is 1. The maximum atomic E-state index is 13.4. The molecule has 0 aliphatic rings. The molecule has 1 aromatic carbocycles. The maximum Gasteiger partial charge on any atom is 0.160 e. The van der Waals surface area contributed by atoms with E-state index in [-0.39, 0.29) is 13.2 Å². The normalized spacial score (nSPS) is 11.2. The van der Waals surface area contributed by atoms with Crippen LogP contribution in [-0.2, 0) is 6.54 Å². The summed E-state index contributed by atoms with van der Waals surface area (Å²) in [6.07, 6.45) is 1.70. The van der Waals surface area contributed by atoms with E-state index in [1.807, 2.05) is 13.0 Å². The molecule has 0 fully saturated rings. The molecule has 0 radical (unpaired) electrons. The zero-order chi connectivity index (χ0) is 15.0. The zero-order valence-corrected chi connectivity index (χ0v) is 11.3. The summed E-state index contributed by atoms with van der Waals surface area (Å²) < 4.78 is 28.2. The Balaban J connectivity index is 2.24. The molecule has 4 nitrogen and oxygen atoms in total. The number of rotatable bonds is 3. The Morgan fingerprint density at radius 3 is 2.71 bits per heavy atom. The second-order valence-electron chi connectivity index (χ2n) is 4.79. The topological polar surface area (TPSA) is 50.9 Å². The number of aliphatic hydroxyl groups excluding tert-OH is 1. The average Bonchev–Trinajstić information content (AvgIpc) is 2.80. The Bertz CT molecular complexity index is 814. The number of aryl methyl sites for hydroxylation is 1. The first-order valence-corrected chi connectivity index (χ1v) is 6.49. The predicted molar refractivity (Wildman–Crippen MR) is 74.7 cm³/mol. The highest BCUT2D eigenvalue weighted by Crippen LogP contribution is 2.25. The molecule has 0 spiro atoms. The van der Waals surface area contributed by atoms with Gasteiger partial charge in [0.1, 0.15) is 11.3 Å². The van der Waals surface area contributed by atoms with Crippen molar-refractivity contribution in [2.24, 2.45) is 0 Å². The molecule has 3 aromatic rings. The fourth-order valence-electron chi connectivity index (χ4n) is 2.28. The lowest BCUT2D eigenvalue weighted by Crippen LogP contribution is -2.05. The SMILES string of the molecule is Cc1cnc2c(c1)nc(-c1ccc(F)c(F)c1)n2CCO. The lowest BCUT2D eigenvalue weighted by atomic mass is 10.2. The highest BCUT2D eigenvalue weighted by Gasteiger charge is 2.15. The van der Waals surface area contributed by atoms with Gasteiger partial charge in [0.25, 0.3) is 0 Å². The van der Waals surface area contributed by atoms with Gasteiger partial charge in [-0.2, -0.15) is 0 Å². The predicted octanol–water partition coefficient (Wildman–Crippen LogP) is 2.68. The summed E-state index contributed by atoms with van der Waals surface area (Å²) in [5.41, 5.74) is 2.66. The molecule has 0 unspecified atom stereocenters. The lowest BCUT2D eigenvalue weighted by molar-refractivity contribution is 0.278. The van der Waals surface area contributed by atoms with Gasteiger partial charge in [-0.25, -0.2) is 18.7 Å². The van der Waals surface area contributed by atoms with Crippen molar-refractivity contribution in [3.63, 3.8) is 0 Å². The van der Waals surface area contributed by atoms with Crippen LogP contribution in [0.5, 0.6) is 0 Å². The molecule has 108 valence electrons. The third kappa shape index (κ3) is 2.38. The largest absolute Gasteiger partial charge is 0.395 e. The summed E-state index contributed by atoms with van der Waals surface area (Å²) >= 11 is 0. The number of hydrogen-bond acceptors (Lipinski definition) is 3. The van der Waals surface area contributed by atoms with Crippen molar-refractivity contribution >= 4 is 11.2 Å². The Labute approximate surface area is 119 Å². The first-order valence-electron chi connectivity index (χ1n) is 6.49. The van der Waals surface area contributed by atoms with E-state index in [2.05, 4.69) is 9.97 Å². The lowest BCUT2D eigenvalue weighted by Gasteiger charge is -2.07. The molecule has 0 amide bonds. The van der Waals surface area contributed by atoms with Gasteiger partial charge in [-0.3, -0.25) is 0 Å². The number of hydrogen-bond donors (Lipinski definition) is 1. The first-order chi connectivity index (χ1) is 10.1. The standard InChI is InChI=1S/C15H13F2N3O/c1-9-6-13-15(18-8-9)20(4-5-21)14(19-13)10-2-3-11(16)12(17)7-10/h2-3,6-8,21H,4-5H2,1H3. The van der Waals surface area contributed by atoms with E-state index in [0.717, 1.165) is 17.7 Å². The molecule has 0 aliphatic carbocycles. The number of nitrogens with zero attached hydrogens (tertiary/aromatic N) is 3. The Hall–Kier alpha value is -2.34. The van der Waals surface area contributed by atoms with Gasteiger partial charge >= 0.3 is 0 Å². The smallest absolute Gasteiger partial charge is 0.160 e. The van der Waals surface area contributed by atoms with Gasteiger partial charge < -0.3 is 9.67 Å². The molecule has 0 saturated heterocycles. The molecule has 2 heterocycles. The third-order valence-corrected chi connectivity index (χ3v) is 3.22. The Morgan fingerprint density at radius 2 is 2.00 bits per heavy atom. The molecule has 0 saturated carbocycles. The van der Waals surface area contributed by atoms with Crippen molar-refractivity contribution in [3.05, 3.63) is 47.7 Å². The maximum absolute atomic E-state index is 13.4. The quantitative estimate of drug-likeness (QED) is 0.806. The minimum atomic E-state index is -0.931. The number of pyridine rings is 1. The second kappa shape index (κ2) is 5.21. The van der Waals surface area contributed by atoms with Crippen molar-refractivity contribution in [1.29, 1.82) is 0 Å². The zero-order valence-electron chi connectivity index (χ0n) is 11.3. The van der Waals surface area contributed by atoms with E-state index in [4.69, 9.17) is 0 Å². The van der Waals surface area contributed by atoms with Crippen LogP contribution >= 0.6 is 0 Å². The van der Waals surface area contributed by atoms with Crippen LogP contribution in [0.15, 0.2) is 30.5 Å². The third-order valence-electron chi connectivity index (χ3n) is 3.22. The van der Waals surface area contributed by atoms with Crippen molar-refractivity contribution in [3.8, 4) is 11.4 Å². The minimum Gasteiger partial charge on any atom is -0.395 e. The van der Waals surface area contributed by atoms with Crippen molar-refractivity contribution in [2.75, 3.05) is 6.61 Å². The summed E-state index contributed by atoms with van der Waals surface area (Å²) in [7, 11) is 0. The highest BCUT2D eigenvalue weighted by molar-refractivity contribution is 5.77. The van der Waals surface area contributed by atoms with Crippen LogP contribution in [0.25, 0.3) is 22.6 Å². The molecule has 1 N–H and O–H groups in total. The van der Waals surface area contributed by atoms with Crippen LogP contribution in [-0.4, -0.2) is 26.2 Å². The molecular formula is C15H13F2N3O. The van der Waals surface area contributed by atoms with Crippen LogP contribution in [0.1, 0.15) is 5.56 Å². The Morgan fingerprint density at radius 1 is 1.19 bits per heavy atom.